The Morgan fingerprint density at radius 2 is 2.00 bits per heavy atom. The number of hydrogen-bond donors (Lipinski definition) is 1. The molecule has 0 bridgehead atoms. The molecule has 1 aromatic carbocycles. The first-order chi connectivity index (χ1) is 10.1. The maximum absolute atomic E-state index is 11.1. The van der Waals surface area contributed by atoms with Crippen molar-refractivity contribution in [3.8, 4) is 5.75 Å². The van der Waals surface area contributed by atoms with E-state index in [-0.39, 0.29) is 11.5 Å². The molecule has 0 amide bonds. The van der Waals surface area contributed by atoms with E-state index in [4.69, 9.17) is 4.74 Å². The molecule has 0 aliphatic carbocycles. The van der Waals surface area contributed by atoms with Crippen LogP contribution in [-0.4, -0.2) is 36.1 Å². The molecule has 0 fully saturated rings. The van der Waals surface area contributed by atoms with Crippen molar-refractivity contribution in [2.24, 2.45) is 0 Å². The van der Waals surface area contributed by atoms with Crippen LogP contribution in [0.5, 0.6) is 5.75 Å². The van der Waals surface area contributed by atoms with E-state index in [1.165, 1.54) is 6.20 Å². The lowest BCUT2D eigenvalue weighted by molar-refractivity contribution is -0.384. The maximum Gasteiger partial charge on any atom is 0.330 e. The van der Waals surface area contributed by atoms with Crippen LogP contribution in [0, 0.1) is 10.1 Å². The molecule has 2 aromatic rings. The Hall–Kier alpha value is -2.90. The summed E-state index contributed by atoms with van der Waals surface area (Å²) in [5.74, 6) is 1.24. The summed E-state index contributed by atoms with van der Waals surface area (Å²) in [5, 5.41) is 13.9. The van der Waals surface area contributed by atoms with E-state index in [1.54, 1.807) is 50.4 Å². The summed E-state index contributed by atoms with van der Waals surface area (Å²) in [6, 6.07) is 7.14. The van der Waals surface area contributed by atoms with Gasteiger partial charge in [0.25, 0.3) is 0 Å². The number of nitrogens with zero attached hydrogens (tertiary/aromatic N) is 4. The van der Waals surface area contributed by atoms with E-state index in [1.807, 2.05) is 0 Å². The van der Waals surface area contributed by atoms with Crippen molar-refractivity contribution in [1.29, 1.82) is 0 Å². The van der Waals surface area contributed by atoms with Crippen molar-refractivity contribution in [2.75, 3.05) is 31.4 Å². The zero-order chi connectivity index (χ0) is 15.4. The van der Waals surface area contributed by atoms with Crippen molar-refractivity contribution < 1.29 is 9.66 Å². The van der Waals surface area contributed by atoms with E-state index in [2.05, 4.69) is 15.3 Å². The molecule has 0 aliphatic heterocycles. The average Bonchev–Trinajstić information content (AvgIpc) is 2.53. The van der Waals surface area contributed by atoms with Gasteiger partial charge in [-0.15, -0.1) is 0 Å². The molecule has 0 saturated heterocycles. The first-order valence-corrected chi connectivity index (χ1v) is 6.13. The number of benzene rings is 1. The van der Waals surface area contributed by atoms with Gasteiger partial charge >= 0.3 is 5.69 Å². The lowest BCUT2D eigenvalue weighted by Gasteiger charge is -2.18. The van der Waals surface area contributed by atoms with Gasteiger partial charge < -0.3 is 15.0 Å². The van der Waals surface area contributed by atoms with Gasteiger partial charge in [0.1, 0.15) is 11.9 Å². The molecular weight excluding hydrogens is 274 g/mol. The first kappa shape index (κ1) is 14.5. The molecule has 1 N–H and O–H groups in total. The van der Waals surface area contributed by atoms with Crippen LogP contribution < -0.4 is 15.0 Å². The number of aromatic nitrogens is 2. The largest absolute Gasteiger partial charge is 0.497 e. The van der Waals surface area contributed by atoms with Crippen molar-refractivity contribution in [1.82, 2.24) is 9.97 Å². The van der Waals surface area contributed by atoms with Crippen LogP contribution in [-0.2, 0) is 0 Å². The fourth-order valence-electron chi connectivity index (χ4n) is 1.79. The van der Waals surface area contributed by atoms with Crippen LogP contribution in [0.4, 0.5) is 23.1 Å². The van der Waals surface area contributed by atoms with Crippen LogP contribution in [0.3, 0.4) is 0 Å². The summed E-state index contributed by atoms with van der Waals surface area (Å²) in [5.41, 5.74) is 0.590. The highest BCUT2D eigenvalue weighted by Crippen LogP contribution is 2.31. The summed E-state index contributed by atoms with van der Waals surface area (Å²) in [7, 11) is 4.93. The predicted octanol–water partition coefficient (Wildman–Crippen LogP) is 2.20. The highest BCUT2D eigenvalue weighted by molar-refractivity contribution is 5.68. The third-order valence-electron chi connectivity index (χ3n) is 2.95. The van der Waals surface area contributed by atoms with Crippen LogP contribution in [0.25, 0.3) is 0 Å². The molecule has 2 rings (SSSR count). The number of rotatable bonds is 5. The average molecular weight is 289 g/mol. The molecule has 110 valence electrons. The minimum atomic E-state index is -0.505. The summed E-state index contributed by atoms with van der Waals surface area (Å²) in [6.07, 6.45) is 1.19. The number of anilines is 3. The fourth-order valence-corrected chi connectivity index (χ4v) is 1.79. The van der Waals surface area contributed by atoms with E-state index in [9.17, 15) is 10.1 Å². The molecule has 1 aromatic heterocycles. The van der Waals surface area contributed by atoms with Gasteiger partial charge in [-0.3, -0.25) is 10.1 Å². The van der Waals surface area contributed by atoms with Crippen LogP contribution in [0.2, 0.25) is 0 Å². The van der Waals surface area contributed by atoms with Gasteiger partial charge in [-0.25, -0.2) is 4.98 Å². The number of hydrogen-bond acceptors (Lipinski definition) is 7. The van der Waals surface area contributed by atoms with Gasteiger partial charge in [0, 0.05) is 19.8 Å². The third-order valence-corrected chi connectivity index (χ3v) is 2.95. The second-order valence-electron chi connectivity index (χ2n) is 4.17. The lowest BCUT2D eigenvalue weighted by atomic mass is 10.2. The van der Waals surface area contributed by atoms with E-state index < -0.39 is 4.92 Å². The third kappa shape index (κ3) is 2.99. The molecule has 8 nitrogen and oxygen atoms in total. The van der Waals surface area contributed by atoms with Crippen molar-refractivity contribution in [3.05, 3.63) is 40.6 Å². The topological polar surface area (TPSA) is 93.4 Å². The monoisotopic (exact) mass is 289 g/mol. The first-order valence-electron chi connectivity index (χ1n) is 6.13. The van der Waals surface area contributed by atoms with Crippen molar-refractivity contribution in [3.63, 3.8) is 0 Å². The van der Waals surface area contributed by atoms with Crippen molar-refractivity contribution >= 4 is 23.1 Å². The summed E-state index contributed by atoms with van der Waals surface area (Å²) in [6.45, 7) is 0. The normalized spacial score (nSPS) is 10.0. The number of nitro groups is 1. The molecule has 0 atom stereocenters. The molecule has 8 heteroatoms. The predicted molar refractivity (Wildman–Crippen MR) is 79.3 cm³/mol. The quantitative estimate of drug-likeness (QED) is 0.666. The Bertz CT molecular complexity index is 645. The maximum atomic E-state index is 11.1. The van der Waals surface area contributed by atoms with Gasteiger partial charge in [0.05, 0.1) is 12.0 Å². The molecule has 0 spiro atoms. The Morgan fingerprint density at radius 1 is 1.33 bits per heavy atom. The van der Waals surface area contributed by atoms with E-state index in [0.29, 0.717) is 11.7 Å². The van der Waals surface area contributed by atoms with Crippen LogP contribution >= 0.6 is 0 Å². The molecule has 0 aliphatic rings. The molecule has 1 heterocycles. The molecule has 0 unspecified atom stereocenters. The fraction of sp³-hybridized carbons (Fsp3) is 0.231. The van der Waals surface area contributed by atoms with Crippen molar-refractivity contribution in [2.45, 2.75) is 0 Å². The van der Waals surface area contributed by atoms with Gasteiger partial charge in [-0.2, -0.15) is 4.98 Å². The second-order valence-corrected chi connectivity index (χ2v) is 4.17. The molecule has 0 radical (unpaired) electrons. The zero-order valence-corrected chi connectivity index (χ0v) is 11.9. The highest BCUT2D eigenvalue weighted by atomic mass is 16.6. The van der Waals surface area contributed by atoms with Gasteiger partial charge in [-0.05, 0) is 24.3 Å². The number of ether oxygens (including phenoxy) is 1. The van der Waals surface area contributed by atoms with Gasteiger partial charge in [0.15, 0.2) is 0 Å². The zero-order valence-electron chi connectivity index (χ0n) is 11.9. The Kier molecular flexibility index (Phi) is 4.17. The SMILES string of the molecule is CNc1ncc([N+](=O)[O-])c(N(C)c2ccc(OC)cc2)n1. The standard InChI is InChI=1S/C13H15N5O3/c1-14-13-15-8-11(18(19)20)12(16-13)17(2)9-4-6-10(21-3)7-5-9/h4-8H,1-3H3,(H,14,15,16). The lowest BCUT2D eigenvalue weighted by Crippen LogP contribution is -2.14. The minimum absolute atomic E-state index is 0.160. The summed E-state index contributed by atoms with van der Waals surface area (Å²) >= 11 is 0. The summed E-state index contributed by atoms with van der Waals surface area (Å²) in [4.78, 5) is 20.3. The minimum Gasteiger partial charge on any atom is -0.497 e. The summed E-state index contributed by atoms with van der Waals surface area (Å²) < 4.78 is 5.09. The van der Waals surface area contributed by atoms with Gasteiger partial charge in [-0.1, -0.05) is 0 Å². The van der Waals surface area contributed by atoms with E-state index >= 15 is 0 Å². The Labute approximate surface area is 121 Å². The van der Waals surface area contributed by atoms with Crippen LogP contribution in [0.15, 0.2) is 30.5 Å². The molecular formula is C13H15N5O3. The number of methoxy groups -OCH3 is 1. The van der Waals surface area contributed by atoms with E-state index in [0.717, 1.165) is 5.69 Å². The highest BCUT2D eigenvalue weighted by Gasteiger charge is 2.21. The Balaban J connectivity index is 2.44. The number of nitrogens with one attached hydrogen (secondary N) is 1. The Morgan fingerprint density at radius 3 is 2.52 bits per heavy atom. The molecule has 21 heavy (non-hydrogen) atoms. The van der Waals surface area contributed by atoms with Gasteiger partial charge in [0.2, 0.25) is 11.8 Å². The molecule has 0 saturated carbocycles. The second kappa shape index (κ2) is 6.04. The van der Waals surface area contributed by atoms with Crippen LogP contribution in [0.1, 0.15) is 0 Å². The smallest absolute Gasteiger partial charge is 0.330 e.